The highest BCUT2D eigenvalue weighted by molar-refractivity contribution is 5.97. The topological polar surface area (TPSA) is 49.4 Å². The van der Waals surface area contributed by atoms with Crippen LogP contribution in [0.1, 0.15) is 58.8 Å². The van der Waals surface area contributed by atoms with E-state index in [4.69, 9.17) is 0 Å². The number of amides is 2. The third-order valence-electron chi connectivity index (χ3n) is 5.38. The van der Waals surface area contributed by atoms with E-state index in [0.29, 0.717) is 11.8 Å². The molecule has 4 heteroatoms. The van der Waals surface area contributed by atoms with Crippen LogP contribution in [0, 0.1) is 11.8 Å². The summed E-state index contributed by atoms with van der Waals surface area (Å²) < 4.78 is 0. The summed E-state index contributed by atoms with van der Waals surface area (Å²) in [5.41, 5.74) is 0. The van der Waals surface area contributed by atoms with Crippen LogP contribution in [-0.4, -0.2) is 34.8 Å². The quantitative estimate of drug-likeness (QED) is 0.786. The molecule has 2 saturated carbocycles. The van der Waals surface area contributed by atoms with Crippen LogP contribution >= 0.6 is 0 Å². The van der Waals surface area contributed by atoms with Crippen LogP contribution < -0.4 is 5.32 Å². The summed E-state index contributed by atoms with van der Waals surface area (Å²) in [6, 6.07) is -0.287. The van der Waals surface area contributed by atoms with Gasteiger partial charge in [-0.25, -0.2) is 0 Å². The molecule has 3 aliphatic rings. The molecule has 20 heavy (non-hydrogen) atoms. The van der Waals surface area contributed by atoms with Crippen molar-refractivity contribution in [1.29, 1.82) is 0 Å². The fraction of sp³-hybridized carbons (Fsp3) is 0.875. The number of nitrogens with one attached hydrogen (secondary N) is 1. The van der Waals surface area contributed by atoms with E-state index in [9.17, 15) is 9.59 Å². The molecule has 0 radical (unpaired) electrons. The summed E-state index contributed by atoms with van der Waals surface area (Å²) in [5.74, 6) is 1.12. The predicted molar refractivity (Wildman–Crippen MR) is 77.0 cm³/mol. The maximum absolute atomic E-state index is 12.8. The Hall–Kier alpha value is -1.06. The van der Waals surface area contributed by atoms with Crippen LogP contribution in [-0.2, 0) is 9.59 Å². The van der Waals surface area contributed by atoms with E-state index in [1.54, 1.807) is 0 Å². The van der Waals surface area contributed by atoms with Gasteiger partial charge in [-0.1, -0.05) is 26.2 Å². The molecule has 4 nitrogen and oxygen atoms in total. The van der Waals surface area contributed by atoms with Crippen molar-refractivity contribution < 1.29 is 9.59 Å². The highest BCUT2D eigenvalue weighted by Gasteiger charge is 2.48. The van der Waals surface area contributed by atoms with Crippen molar-refractivity contribution in [2.75, 3.05) is 0 Å². The molecule has 1 saturated heterocycles. The summed E-state index contributed by atoms with van der Waals surface area (Å²) >= 11 is 0. The summed E-state index contributed by atoms with van der Waals surface area (Å²) in [4.78, 5) is 27.0. The van der Waals surface area contributed by atoms with Gasteiger partial charge in [-0.15, -0.1) is 0 Å². The Morgan fingerprint density at radius 2 is 1.70 bits per heavy atom. The molecule has 1 N–H and O–H groups in total. The highest BCUT2D eigenvalue weighted by atomic mass is 16.2. The molecule has 4 unspecified atom stereocenters. The molecule has 0 aromatic rings. The lowest BCUT2D eigenvalue weighted by Crippen LogP contribution is -2.66. The van der Waals surface area contributed by atoms with Gasteiger partial charge in [0.15, 0.2) is 0 Å². The molecule has 1 aliphatic heterocycles. The maximum atomic E-state index is 12.8. The molecule has 3 rings (SSSR count). The van der Waals surface area contributed by atoms with Crippen LogP contribution in [0.3, 0.4) is 0 Å². The van der Waals surface area contributed by atoms with Crippen molar-refractivity contribution in [2.45, 2.75) is 76.9 Å². The minimum atomic E-state index is -0.303. The molecule has 0 spiro atoms. The average molecular weight is 278 g/mol. The van der Waals surface area contributed by atoms with Crippen molar-refractivity contribution >= 4 is 11.8 Å². The first-order chi connectivity index (χ1) is 9.59. The summed E-state index contributed by atoms with van der Waals surface area (Å²) in [5, 5.41) is 2.95. The zero-order chi connectivity index (χ0) is 14.3. The van der Waals surface area contributed by atoms with Crippen LogP contribution in [0.15, 0.2) is 0 Å². The number of hydrogen-bond acceptors (Lipinski definition) is 2. The molecule has 2 aliphatic carbocycles. The van der Waals surface area contributed by atoms with Crippen LogP contribution in [0.25, 0.3) is 0 Å². The molecule has 0 bridgehead atoms. The fourth-order valence-electron chi connectivity index (χ4n) is 3.90. The van der Waals surface area contributed by atoms with E-state index in [-0.39, 0.29) is 29.9 Å². The summed E-state index contributed by atoms with van der Waals surface area (Å²) in [6.07, 6.45) is 8.10. The lowest BCUT2D eigenvalue weighted by molar-refractivity contribution is -0.153. The fourth-order valence-corrected chi connectivity index (χ4v) is 3.90. The Morgan fingerprint density at radius 1 is 1.00 bits per heavy atom. The van der Waals surface area contributed by atoms with Gasteiger partial charge in [0.2, 0.25) is 11.8 Å². The molecule has 1 heterocycles. The highest BCUT2D eigenvalue weighted by Crippen LogP contribution is 2.37. The zero-order valence-electron chi connectivity index (χ0n) is 12.6. The second-order valence-corrected chi connectivity index (χ2v) is 6.93. The van der Waals surface area contributed by atoms with E-state index < -0.39 is 0 Å². The largest absolute Gasteiger partial charge is 0.342 e. The Labute approximate surface area is 121 Å². The minimum absolute atomic E-state index is 0.0398. The van der Waals surface area contributed by atoms with Gasteiger partial charge >= 0.3 is 0 Å². The smallest absolute Gasteiger partial charge is 0.246 e. The molecule has 0 aromatic heterocycles. The molecule has 0 aromatic carbocycles. The van der Waals surface area contributed by atoms with Crippen molar-refractivity contribution in [3.63, 3.8) is 0 Å². The Kier molecular flexibility index (Phi) is 3.74. The second kappa shape index (κ2) is 5.38. The van der Waals surface area contributed by atoms with E-state index in [1.165, 1.54) is 25.7 Å². The Morgan fingerprint density at radius 3 is 2.40 bits per heavy atom. The lowest BCUT2D eigenvalue weighted by atomic mass is 9.91. The molecular weight excluding hydrogens is 252 g/mol. The summed E-state index contributed by atoms with van der Waals surface area (Å²) in [7, 11) is 0. The number of piperazine rings is 1. The van der Waals surface area contributed by atoms with E-state index >= 15 is 0 Å². The lowest BCUT2D eigenvalue weighted by Gasteiger charge is -2.44. The third-order valence-corrected chi connectivity index (χ3v) is 5.38. The van der Waals surface area contributed by atoms with Gasteiger partial charge in [-0.2, -0.15) is 0 Å². The first kappa shape index (κ1) is 13.9. The van der Waals surface area contributed by atoms with E-state index in [1.807, 2.05) is 11.8 Å². The molecule has 112 valence electrons. The van der Waals surface area contributed by atoms with Crippen molar-refractivity contribution in [1.82, 2.24) is 10.2 Å². The number of carbonyl (C=O) groups is 2. The minimum Gasteiger partial charge on any atom is -0.342 e. The first-order valence-corrected chi connectivity index (χ1v) is 8.22. The number of carbonyl (C=O) groups excluding carboxylic acids is 2. The summed E-state index contributed by atoms with van der Waals surface area (Å²) in [6.45, 7) is 4.13. The molecule has 2 amide bonds. The van der Waals surface area contributed by atoms with Gasteiger partial charge in [0.1, 0.15) is 12.1 Å². The first-order valence-electron chi connectivity index (χ1n) is 8.22. The van der Waals surface area contributed by atoms with Crippen LogP contribution in [0.2, 0.25) is 0 Å². The number of nitrogens with zero attached hydrogens (tertiary/aromatic N) is 1. The van der Waals surface area contributed by atoms with Crippen molar-refractivity contribution in [3.05, 3.63) is 0 Å². The average Bonchev–Trinajstić information content (AvgIpc) is 3.24. The van der Waals surface area contributed by atoms with Gasteiger partial charge in [0.25, 0.3) is 0 Å². The van der Waals surface area contributed by atoms with Crippen molar-refractivity contribution in [3.8, 4) is 0 Å². The molecule has 3 fully saturated rings. The van der Waals surface area contributed by atoms with Crippen LogP contribution in [0.5, 0.6) is 0 Å². The van der Waals surface area contributed by atoms with E-state index in [0.717, 1.165) is 19.3 Å². The monoisotopic (exact) mass is 278 g/mol. The third kappa shape index (κ3) is 2.45. The molecule has 4 atom stereocenters. The Bertz CT molecular complexity index is 405. The Balaban J connectivity index is 1.83. The van der Waals surface area contributed by atoms with Gasteiger partial charge in [-0.3, -0.25) is 9.59 Å². The normalized spacial score (nSPS) is 39.4. The van der Waals surface area contributed by atoms with Crippen molar-refractivity contribution in [2.24, 2.45) is 11.8 Å². The zero-order valence-corrected chi connectivity index (χ0v) is 12.6. The van der Waals surface area contributed by atoms with Gasteiger partial charge in [0.05, 0.1) is 0 Å². The predicted octanol–water partition coefficient (Wildman–Crippen LogP) is 2.08. The van der Waals surface area contributed by atoms with E-state index in [2.05, 4.69) is 12.2 Å². The second-order valence-electron chi connectivity index (χ2n) is 6.93. The SMILES string of the molecule is CC1CCCCCC1N1C(=O)C(C2CC2)NC(=O)C1C. The number of rotatable bonds is 2. The molecular formula is C16H26N2O2. The number of hydrogen-bond donors (Lipinski definition) is 1. The maximum Gasteiger partial charge on any atom is 0.246 e. The standard InChI is InChI=1S/C16H26N2O2/c1-10-6-4-3-5-7-13(10)18-11(2)15(19)17-14(16(18)20)12-8-9-12/h10-14H,3-9H2,1-2H3,(H,17,19). The van der Waals surface area contributed by atoms with Crippen LogP contribution in [0.4, 0.5) is 0 Å². The van der Waals surface area contributed by atoms with Gasteiger partial charge < -0.3 is 10.2 Å². The van der Waals surface area contributed by atoms with Gasteiger partial charge in [0, 0.05) is 6.04 Å². The van der Waals surface area contributed by atoms with Gasteiger partial charge in [-0.05, 0) is 44.4 Å².